The summed E-state index contributed by atoms with van der Waals surface area (Å²) in [6, 6.07) is 96.7. The molecule has 0 fully saturated rings. The number of hydrogen-bond acceptors (Lipinski definition) is 3. The predicted octanol–water partition coefficient (Wildman–Crippen LogP) is 21.4. The topological polar surface area (TPSA) is 9.72 Å². The van der Waals surface area contributed by atoms with E-state index in [1.165, 1.54) is 183 Å². The highest BCUT2D eigenvalue weighted by Gasteiger charge is 2.20. The molecule has 0 aliphatic heterocycles. The normalized spacial score (nSPS) is 12.7. The van der Waals surface area contributed by atoms with Gasteiger partial charge >= 0.3 is 0 Å². The van der Waals surface area contributed by atoms with Crippen LogP contribution in [-0.2, 0) is 38.5 Å². The molecule has 3 heteroatoms. The molecule has 0 saturated carbocycles. The molecule has 85 heavy (non-hydrogen) atoms. The predicted molar refractivity (Wildman–Crippen MR) is 363 cm³/mol. The average Bonchev–Trinajstić information content (AvgIpc) is 3.05. The van der Waals surface area contributed by atoms with Crippen molar-refractivity contribution in [3.8, 4) is 44.5 Å². The smallest absolute Gasteiger partial charge is 0.0567 e. The Morgan fingerprint density at radius 2 is 0.612 bits per heavy atom. The summed E-state index contributed by atoms with van der Waals surface area (Å²) in [6.07, 6.45) is 7.26. The van der Waals surface area contributed by atoms with Gasteiger partial charge < -0.3 is 14.7 Å². The van der Waals surface area contributed by atoms with E-state index >= 15 is 0 Å². The van der Waals surface area contributed by atoms with Gasteiger partial charge in [-0.15, -0.1) is 0 Å². The van der Waals surface area contributed by atoms with Crippen LogP contribution in [0, 0.1) is 13.8 Å². The van der Waals surface area contributed by atoms with E-state index in [1.807, 2.05) is 0 Å². The van der Waals surface area contributed by atoms with Gasteiger partial charge in [0.2, 0.25) is 0 Å². The highest BCUT2D eigenvalue weighted by atomic mass is 15.1. The van der Waals surface area contributed by atoms with Crippen LogP contribution in [-0.4, -0.2) is 14.1 Å². The molecule has 13 aromatic carbocycles. The molecular weight excluding hydrogens is 1030 g/mol. The molecule has 0 saturated heterocycles. The van der Waals surface area contributed by atoms with Crippen LogP contribution in [0.5, 0.6) is 0 Å². The van der Waals surface area contributed by atoms with Crippen molar-refractivity contribution in [3.05, 3.63) is 305 Å². The summed E-state index contributed by atoms with van der Waals surface area (Å²) in [5, 5.41) is 7.66. The van der Waals surface area contributed by atoms with Crippen LogP contribution in [0.25, 0.3) is 76.8 Å². The van der Waals surface area contributed by atoms with Crippen molar-refractivity contribution < 1.29 is 0 Å². The number of benzene rings is 13. The second-order valence-corrected chi connectivity index (χ2v) is 23.7. The first-order valence-electron chi connectivity index (χ1n) is 30.3. The Bertz CT molecular complexity index is 4630. The van der Waals surface area contributed by atoms with Gasteiger partial charge in [0, 0.05) is 59.0 Å². The Morgan fingerprint density at radius 1 is 0.247 bits per heavy atom. The molecule has 0 aromatic heterocycles. The monoisotopic (exact) mass is 1090 g/mol. The van der Waals surface area contributed by atoms with E-state index in [0.29, 0.717) is 0 Å². The van der Waals surface area contributed by atoms with Crippen LogP contribution in [0.2, 0.25) is 0 Å². The molecule has 0 bridgehead atoms. The van der Waals surface area contributed by atoms with E-state index in [2.05, 4.69) is 303 Å². The summed E-state index contributed by atoms with van der Waals surface area (Å²) in [7, 11) is 4.35. The van der Waals surface area contributed by atoms with Crippen LogP contribution in [0.4, 0.5) is 39.8 Å². The van der Waals surface area contributed by atoms with Gasteiger partial charge in [-0.3, -0.25) is 0 Å². The number of anilines is 7. The van der Waals surface area contributed by atoms with Crippen LogP contribution in [0.15, 0.2) is 261 Å². The van der Waals surface area contributed by atoms with Crippen molar-refractivity contribution in [1.29, 1.82) is 0 Å². The van der Waals surface area contributed by atoms with Crippen LogP contribution in [0.3, 0.4) is 0 Å². The Morgan fingerprint density at radius 3 is 1.08 bits per heavy atom. The molecule has 16 rings (SSSR count). The van der Waals surface area contributed by atoms with Gasteiger partial charge in [-0.05, 0) is 230 Å². The lowest BCUT2D eigenvalue weighted by Gasteiger charge is -2.27. The number of fused-ring (bicyclic) bond motifs is 6. The van der Waals surface area contributed by atoms with Gasteiger partial charge in [0.15, 0.2) is 0 Å². The Balaban J connectivity index is 0.000000167. The van der Waals surface area contributed by atoms with Crippen LogP contribution < -0.4 is 14.7 Å². The summed E-state index contributed by atoms with van der Waals surface area (Å²) >= 11 is 0. The van der Waals surface area contributed by atoms with Crippen molar-refractivity contribution in [2.45, 2.75) is 52.4 Å². The Labute approximate surface area is 500 Å². The molecule has 0 spiro atoms. The maximum absolute atomic E-state index is 2.38. The van der Waals surface area contributed by atoms with Gasteiger partial charge in [-0.1, -0.05) is 194 Å². The molecule has 0 atom stereocenters. The molecule has 3 aliphatic carbocycles. The van der Waals surface area contributed by atoms with Crippen molar-refractivity contribution in [1.82, 2.24) is 0 Å². The Kier molecular flexibility index (Phi) is 13.2. The van der Waals surface area contributed by atoms with E-state index in [4.69, 9.17) is 0 Å². The summed E-state index contributed by atoms with van der Waals surface area (Å²) in [5.41, 5.74) is 30.0. The van der Waals surface area contributed by atoms with E-state index < -0.39 is 0 Å². The molecule has 3 nitrogen and oxygen atoms in total. The van der Waals surface area contributed by atoms with Crippen molar-refractivity contribution in [2.75, 3.05) is 28.8 Å². The van der Waals surface area contributed by atoms with Gasteiger partial charge in [0.05, 0.1) is 5.69 Å². The number of nitrogens with zero attached hydrogens (tertiary/aromatic N) is 3. The highest BCUT2D eigenvalue weighted by Crippen LogP contribution is 2.43. The van der Waals surface area contributed by atoms with Crippen LogP contribution >= 0.6 is 0 Å². The maximum atomic E-state index is 2.38. The summed E-state index contributed by atoms with van der Waals surface area (Å²) < 4.78 is 0. The lowest BCUT2D eigenvalue weighted by Crippen LogP contribution is -2.11. The minimum absolute atomic E-state index is 1.13. The van der Waals surface area contributed by atoms with Gasteiger partial charge in [-0.25, -0.2) is 0 Å². The number of hydrogen-bond donors (Lipinski definition) is 0. The molecule has 0 unspecified atom stereocenters. The third-order valence-corrected chi connectivity index (χ3v) is 18.7. The zero-order valence-corrected chi connectivity index (χ0v) is 48.9. The molecule has 0 N–H and O–H groups in total. The summed E-state index contributed by atoms with van der Waals surface area (Å²) in [5.74, 6) is 0. The average molecular weight is 1090 g/mol. The van der Waals surface area contributed by atoms with Crippen molar-refractivity contribution >= 4 is 72.1 Å². The van der Waals surface area contributed by atoms with Gasteiger partial charge in [0.25, 0.3) is 0 Å². The van der Waals surface area contributed by atoms with Gasteiger partial charge in [-0.2, -0.15) is 0 Å². The molecule has 3 aliphatic rings. The third-order valence-electron chi connectivity index (χ3n) is 18.7. The largest absolute Gasteiger partial charge is 0.345 e. The highest BCUT2D eigenvalue weighted by molar-refractivity contribution is 6.15. The van der Waals surface area contributed by atoms with Crippen LogP contribution in [0.1, 0.15) is 44.5 Å². The van der Waals surface area contributed by atoms with Gasteiger partial charge in [0.1, 0.15) is 0 Å². The fourth-order valence-corrected chi connectivity index (χ4v) is 13.2. The molecule has 0 heterocycles. The van der Waals surface area contributed by atoms with E-state index in [9.17, 15) is 0 Å². The summed E-state index contributed by atoms with van der Waals surface area (Å²) in [4.78, 5) is 7.01. The lowest BCUT2D eigenvalue weighted by atomic mass is 9.86. The fraction of sp³-hybridized carbons (Fsp3) is 0.122. The molecule has 0 amide bonds. The maximum Gasteiger partial charge on any atom is 0.0567 e. The summed E-state index contributed by atoms with van der Waals surface area (Å²) in [6.45, 7) is 4.37. The first kappa shape index (κ1) is 51.9. The van der Waals surface area contributed by atoms with E-state index in [1.54, 1.807) is 0 Å². The Hall–Kier alpha value is -9.96. The number of rotatable bonds is 11. The third kappa shape index (κ3) is 9.80. The lowest BCUT2D eigenvalue weighted by molar-refractivity contribution is 0.840. The van der Waals surface area contributed by atoms with Crippen molar-refractivity contribution in [3.63, 3.8) is 0 Å². The second kappa shape index (κ2) is 21.7. The van der Waals surface area contributed by atoms with E-state index in [-0.39, 0.29) is 0 Å². The first-order chi connectivity index (χ1) is 41.7. The molecule has 13 aromatic rings. The zero-order chi connectivity index (χ0) is 57.1. The van der Waals surface area contributed by atoms with Crippen molar-refractivity contribution in [2.24, 2.45) is 0 Å². The zero-order valence-electron chi connectivity index (χ0n) is 48.9. The quantitative estimate of drug-likeness (QED) is 0.120. The first-order valence-corrected chi connectivity index (χ1v) is 30.3. The fourth-order valence-electron chi connectivity index (χ4n) is 13.2. The SMILES string of the molecule is Cc1c2ccccc2c(N(C)c2cccc(-c3ccc4c(c3)CC4)c2)c2ccccc12.Cc1ccc(-c2ccc(N(c3ccc(-c4ccc5c(c4)CC5)cc3)c3ccc4cc(N(C)c5ccc(-c6ccc7c(c6)CC7)cc5)ccc4c3)cc2)cc1. The molecule has 0 radical (unpaired) electrons. The number of aryl methyl sites for hydroxylation is 8. The molecular formula is C82H67N3. The minimum atomic E-state index is 1.13. The standard InChI is InChI=1S/C52H42N2.C30H25N/c1-35-3-5-36(6-4-35)37-17-25-49(26-18-37)54(50-27-19-41(20-28-50)45-14-10-39-8-12-43(39)32-45)52-30-22-46-33-51(29-21-47(46)34-52)53(2)48-23-15-40(16-24-48)44-13-9-38-7-11-42(38)31-44;1-20-26-10-3-5-12-28(26)30(29-13-6-4-11-27(20)29)31(2)25-9-7-8-22(19-25)24-17-15-21-14-16-23(21)18-24/h3-6,9-10,13-34H,7-8,11-12H2,1-2H3;3-13,15,17-19H,14,16H2,1-2H3. The van der Waals surface area contributed by atoms with E-state index in [0.717, 1.165) is 17.1 Å². The second-order valence-electron chi connectivity index (χ2n) is 23.7. The molecule has 410 valence electrons. The minimum Gasteiger partial charge on any atom is -0.345 e.